The molecule has 0 spiro atoms. The Labute approximate surface area is 88.9 Å². The lowest BCUT2D eigenvalue weighted by molar-refractivity contribution is -0.143. The van der Waals surface area contributed by atoms with Gasteiger partial charge in [0.1, 0.15) is 0 Å². The summed E-state index contributed by atoms with van der Waals surface area (Å²) in [5.41, 5.74) is 1.16. The summed E-state index contributed by atoms with van der Waals surface area (Å²) in [5, 5.41) is 8.89. The van der Waals surface area contributed by atoms with Crippen molar-refractivity contribution in [2.45, 2.75) is 38.6 Å². The van der Waals surface area contributed by atoms with Gasteiger partial charge < -0.3 is 9.67 Å². The quantitative estimate of drug-likeness (QED) is 0.808. The van der Waals surface area contributed by atoms with Gasteiger partial charge in [0.2, 0.25) is 0 Å². The number of carboxylic acid groups (broad SMARTS) is 1. The molecule has 1 aromatic heterocycles. The number of nitrogens with zero attached hydrogens (tertiary/aromatic N) is 2. The number of carboxylic acids is 1. The van der Waals surface area contributed by atoms with Crippen LogP contribution < -0.4 is 0 Å². The molecule has 1 heterocycles. The fraction of sp³-hybridized carbons (Fsp3) is 0.636. The maximum atomic E-state index is 10.8. The maximum absolute atomic E-state index is 10.8. The molecule has 1 aliphatic rings. The summed E-state index contributed by atoms with van der Waals surface area (Å²) >= 11 is 0. The van der Waals surface area contributed by atoms with Gasteiger partial charge in [0.05, 0.1) is 12.2 Å². The van der Waals surface area contributed by atoms with Crippen molar-refractivity contribution >= 4 is 5.97 Å². The highest BCUT2D eigenvalue weighted by Crippen LogP contribution is 2.32. The van der Waals surface area contributed by atoms with Gasteiger partial charge in [-0.05, 0) is 32.6 Å². The van der Waals surface area contributed by atoms with E-state index in [1.54, 1.807) is 0 Å². The second-order valence-electron chi connectivity index (χ2n) is 4.29. The van der Waals surface area contributed by atoms with Crippen LogP contribution in [0.4, 0.5) is 0 Å². The third-order valence-corrected chi connectivity index (χ3v) is 3.30. The topological polar surface area (TPSA) is 55.1 Å². The molecule has 2 rings (SSSR count). The molecular formula is C11H16N2O2. The predicted molar refractivity (Wildman–Crippen MR) is 55.6 cm³/mol. The van der Waals surface area contributed by atoms with Crippen LogP contribution in [-0.2, 0) is 4.79 Å². The Kier molecular flexibility index (Phi) is 2.75. The van der Waals surface area contributed by atoms with E-state index in [-0.39, 0.29) is 5.92 Å². The number of hydrogen-bond acceptors (Lipinski definition) is 2. The Balaban J connectivity index is 2.00. The van der Waals surface area contributed by atoms with Crippen molar-refractivity contribution < 1.29 is 9.90 Å². The van der Waals surface area contributed by atoms with Gasteiger partial charge in [-0.2, -0.15) is 0 Å². The molecule has 1 aliphatic carbocycles. The molecule has 1 aromatic rings. The first-order valence-electron chi connectivity index (χ1n) is 5.39. The van der Waals surface area contributed by atoms with E-state index in [4.69, 9.17) is 5.11 Å². The summed E-state index contributed by atoms with van der Waals surface area (Å²) in [5.74, 6) is -0.777. The number of carbonyl (C=O) groups is 1. The van der Waals surface area contributed by atoms with Crippen LogP contribution in [-0.4, -0.2) is 20.6 Å². The first kappa shape index (κ1) is 10.2. The van der Waals surface area contributed by atoms with E-state index in [0.29, 0.717) is 6.04 Å². The molecule has 0 aliphatic heterocycles. The van der Waals surface area contributed by atoms with Gasteiger partial charge in [0, 0.05) is 17.9 Å². The lowest BCUT2D eigenvalue weighted by Crippen LogP contribution is -2.23. The van der Waals surface area contributed by atoms with Crippen molar-refractivity contribution in [1.82, 2.24) is 9.55 Å². The Morgan fingerprint density at radius 2 is 2.13 bits per heavy atom. The lowest BCUT2D eigenvalue weighted by Gasteiger charge is -2.27. The smallest absolute Gasteiger partial charge is 0.306 e. The van der Waals surface area contributed by atoms with Crippen LogP contribution in [0.2, 0.25) is 0 Å². The largest absolute Gasteiger partial charge is 0.481 e. The summed E-state index contributed by atoms with van der Waals surface area (Å²) in [6.07, 6.45) is 7.18. The molecule has 0 amide bonds. The van der Waals surface area contributed by atoms with Crippen LogP contribution in [0, 0.1) is 12.8 Å². The number of aryl methyl sites for hydroxylation is 1. The van der Waals surface area contributed by atoms with Crippen molar-refractivity contribution in [2.24, 2.45) is 5.92 Å². The summed E-state index contributed by atoms with van der Waals surface area (Å²) in [7, 11) is 0. The minimum atomic E-state index is -0.643. The van der Waals surface area contributed by atoms with Crippen LogP contribution >= 0.6 is 0 Å². The number of rotatable bonds is 2. The molecule has 1 saturated carbocycles. The molecule has 1 fully saturated rings. The summed E-state index contributed by atoms with van der Waals surface area (Å²) in [4.78, 5) is 14.9. The second-order valence-corrected chi connectivity index (χ2v) is 4.29. The number of aromatic nitrogens is 2. The van der Waals surface area contributed by atoms with Crippen LogP contribution in [0.1, 0.15) is 37.4 Å². The zero-order valence-corrected chi connectivity index (χ0v) is 8.89. The first-order chi connectivity index (χ1) is 7.18. The standard InChI is InChI=1S/C11H16N2O2/c1-8-6-12-7-13(8)10-4-2-9(3-5-10)11(14)15/h6-7,9-10H,2-5H2,1H3,(H,14,15). The Bertz CT molecular complexity index is 351. The maximum Gasteiger partial charge on any atom is 0.306 e. The number of hydrogen-bond donors (Lipinski definition) is 1. The molecule has 15 heavy (non-hydrogen) atoms. The predicted octanol–water partition coefficient (Wildman–Crippen LogP) is 2.01. The van der Waals surface area contributed by atoms with Gasteiger partial charge in [0.15, 0.2) is 0 Å². The molecular weight excluding hydrogens is 192 g/mol. The van der Waals surface area contributed by atoms with Crippen molar-refractivity contribution in [3.8, 4) is 0 Å². The molecule has 1 N–H and O–H groups in total. The van der Waals surface area contributed by atoms with Gasteiger partial charge in [-0.15, -0.1) is 0 Å². The SMILES string of the molecule is Cc1cncn1C1CCC(C(=O)O)CC1. The fourth-order valence-electron chi connectivity index (χ4n) is 2.35. The van der Waals surface area contributed by atoms with E-state index in [1.807, 2.05) is 19.4 Å². The third-order valence-electron chi connectivity index (χ3n) is 3.30. The van der Waals surface area contributed by atoms with Gasteiger partial charge >= 0.3 is 5.97 Å². The van der Waals surface area contributed by atoms with Crippen molar-refractivity contribution in [3.05, 3.63) is 18.2 Å². The Morgan fingerprint density at radius 1 is 1.47 bits per heavy atom. The fourth-order valence-corrected chi connectivity index (χ4v) is 2.35. The zero-order chi connectivity index (χ0) is 10.8. The van der Waals surface area contributed by atoms with E-state index in [1.165, 1.54) is 0 Å². The number of imidazole rings is 1. The van der Waals surface area contributed by atoms with Gasteiger partial charge in [-0.3, -0.25) is 4.79 Å². The van der Waals surface area contributed by atoms with E-state index in [9.17, 15) is 4.79 Å². The highest BCUT2D eigenvalue weighted by molar-refractivity contribution is 5.70. The molecule has 0 atom stereocenters. The molecule has 4 nitrogen and oxygen atoms in total. The molecule has 82 valence electrons. The normalized spacial score (nSPS) is 26.5. The number of aliphatic carboxylic acids is 1. The van der Waals surface area contributed by atoms with E-state index in [0.717, 1.165) is 31.4 Å². The Morgan fingerprint density at radius 3 is 2.60 bits per heavy atom. The Hall–Kier alpha value is -1.32. The second kappa shape index (κ2) is 4.04. The minimum absolute atomic E-state index is 0.134. The average molecular weight is 208 g/mol. The lowest BCUT2D eigenvalue weighted by atomic mass is 9.86. The van der Waals surface area contributed by atoms with Crippen LogP contribution in [0.15, 0.2) is 12.5 Å². The van der Waals surface area contributed by atoms with E-state index in [2.05, 4.69) is 9.55 Å². The molecule has 0 aromatic carbocycles. The van der Waals surface area contributed by atoms with Crippen molar-refractivity contribution in [3.63, 3.8) is 0 Å². The molecule has 0 bridgehead atoms. The van der Waals surface area contributed by atoms with Crippen molar-refractivity contribution in [1.29, 1.82) is 0 Å². The minimum Gasteiger partial charge on any atom is -0.481 e. The molecule has 0 unspecified atom stereocenters. The average Bonchev–Trinajstić information content (AvgIpc) is 2.65. The van der Waals surface area contributed by atoms with Crippen LogP contribution in [0.25, 0.3) is 0 Å². The van der Waals surface area contributed by atoms with E-state index >= 15 is 0 Å². The first-order valence-corrected chi connectivity index (χ1v) is 5.39. The highest BCUT2D eigenvalue weighted by atomic mass is 16.4. The van der Waals surface area contributed by atoms with Gasteiger partial charge in [0.25, 0.3) is 0 Å². The zero-order valence-electron chi connectivity index (χ0n) is 8.89. The van der Waals surface area contributed by atoms with Crippen molar-refractivity contribution in [2.75, 3.05) is 0 Å². The van der Waals surface area contributed by atoms with Gasteiger partial charge in [-0.1, -0.05) is 0 Å². The third kappa shape index (κ3) is 2.03. The van der Waals surface area contributed by atoms with Crippen LogP contribution in [0.3, 0.4) is 0 Å². The van der Waals surface area contributed by atoms with Gasteiger partial charge in [-0.25, -0.2) is 4.98 Å². The summed E-state index contributed by atoms with van der Waals surface area (Å²) < 4.78 is 2.16. The summed E-state index contributed by atoms with van der Waals surface area (Å²) in [6.45, 7) is 2.04. The molecule has 0 radical (unpaired) electrons. The summed E-state index contributed by atoms with van der Waals surface area (Å²) in [6, 6.07) is 0.447. The highest BCUT2D eigenvalue weighted by Gasteiger charge is 2.26. The molecule has 0 saturated heterocycles. The van der Waals surface area contributed by atoms with Crippen LogP contribution in [0.5, 0.6) is 0 Å². The molecule has 4 heteroatoms. The van der Waals surface area contributed by atoms with E-state index < -0.39 is 5.97 Å². The monoisotopic (exact) mass is 208 g/mol.